The number of primary sulfonamides is 1. The minimum Gasteiger partial charge on any atom is -0.378 e. The van der Waals surface area contributed by atoms with Gasteiger partial charge in [0.2, 0.25) is 10.0 Å². The average Bonchev–Trinajstić information content (AvgIpc) is 3.00. The molecule has 9 heteroatoms. The van der Waals surface area contributed by atoms with E-state index in [-0.39, 0.29) is 10.3 Å². The molecule has 0 saturated carbocycles. The van der Waals surface area contributed by atoms with E-state index in [0.29, 0.717) is 25.0 Å². The molecule has 4 N–H and O–H groups in total. The molecule has 1 unspecified atom stereocenters. The molecule has 1 heterocycles. The van der Waals surface area contributed by atoms with Crippen molar-refractivity contribution in [1.29, 1.82) is 0 Å². The maximum Gasteiger partial charge on any atom is 0.247 e. The summed E-state index contributed by atoms with van der Waals surface area (Å²) >= 11 is 1.14. The summed E-state index contributed by atoms with van der Waals surface area (Å²) in [4.78, 5) is 5.34. The highest BCUT2D eigenvalue weighted by atomic mass is 32.2. The Kier molecular flexibility index (Phi) is 9.41. The van der Waals surface area contributed by atoms with E-state index in [1.807, 2.05) is 13.8 Å². The Morgan fingerprint density at radius 3 is 2.56 bits per heavy atom. The van der Waals surface area contributed by atoms with Crippen LogP contribution >= 0.6 is 11.3 Å². The number of ether oxygens (including phenoxy) is 1. The van der Waals surface area contributed by atoms with Gasteiger partial charge in [0.1, 0.15) is 4.21 Å². The summed E-state index contributed by atoms with van der Waals surface area (Å²) in [7, 11) is -3.64. The van der Waals surface area contributed by atoms with Crippen molar-refractivity contribution in [2.45, 2.75) is 51.0 Å². The number of guanidine groups is 1. The van der Waals surface area contributed by atoms with Crippen LogP contribution in [0.4, 0.5) is 0 Å². The van der Waals surface area contributed by atoms with E-state index in [4.69, 9.17) is 9.88 Å². The van der Waals surface area contributed by atoms with Crippen LogP contribution in [0.25, 0.3) is 0 Å². The highest BCUT2D eigenvalue weighted by Crippen LogP contribution is 2.20. The van der Waals surface area contributed by atoms with Gasteiger partial charge in [-0.25, -0.2) is 18.5 Å². The van der Waals surface area contributed by atoms with Crippen molar-refractivity contribution >= 4 is 27.3 Å². The van der Waals surface area contributed by atoms with Crippen molar-refractivity contribution in [1.82, 2.24) is 10.6 Å². The van der Waals surface area contributed by atoms with Crippen LogP contribution in [0.3, 0.4) is 0 Å². The zero-order chi connectivity index (χ0) is 18.9. The predicted molar refractivity (Wildman–Crippen MR) is 103 cm³/mol. The number of hydrogen-bond acceptors (Lipinski definition) is 5. The maximum absolute atomic E-state index is 11.3. The third-order valence-corrected chi connectivity index (χ3v) is 6.01. The standard InChI is InChI=1S/C16H30N4O3S2/c1-5-18-16(19-10-9-14(12(3)4)23-6-2)20-11-13-7-8-15(24-13)25(17,21)22/h7-8,12,14H,5-6,9-11H2,1-4H3,(H2,17,21,22)(H2,18,19,20). The molecule has 0 aliphatic carbocycles. The summed E-state index contributed by atoms with van der Waals surface area (Å²) in [6.07, 6.45) is 1.11. The smallest absolute Gasteiger partial charge is 0.247 e. The van der Waals surface area contributed by atoms with Gasteiger partial charge >= 0.3 is 0 Å². The third kappa shape index (κ3) is 8.17. The molecular formula is C16H30N4O3S2. The Labute approximate surface area is 155 Å². The second-order valence-corrected chi connectivity index (χ2v) is 8.87. The molecule has 0 aromatic carbocycles. The molecular weight excluding hydrogens is 360 g/mol. The lowest BCUT2D eigenvalue weighted by molar-refractivity contribution is 0.0258. The first-order chi connectivity index (χ1) is 11.8. The van der Waals surface area contributed by atoms with Crippen LogP contribution in [0.1, 0.15) is 39.0 Å². The monoisotopic (exact) mass is 390 g/mol. The Balaban J connectivity index is 2.60. The normalized spacial score (nSPS) is 13.9. The van der Waals surface area contributed by atoms with Gasteiger partial charge in [-0.1, -0.05) is 13.8 Å². The molecule has 0 spiro atoms. The summed E-state index contributed by atoms with van der Waals surface area (Å²) in [6.45, 7) is 10.9. The summed E-state index contributed by atoms with van der Waals surface area (Å²) in [5.74, 6) is 1.16. The molecule has 0 fully saturated rings. The summed E-state index contributed by atoms with van der Waals surface area (Å²) < 4.78 is 28.5. The molecule has 0 amide bonds. The van der Waals surface area contributed by atoms with Gasteiger partial charge in [-0.3, -0.25) is 0 Å². The number of thiophene rings is 1. The number of hydrogen-bond donors (Lipinski definition) is 3. The van der Waals surface area contributed by atoms with E-state index >= 15 is 0 Å². The van der Waals surface area contributed by atoms with Gasteiger partial charge in [-0.15, -0.1) is 11.3 Å². The SMILES string of the molecule is CCNC(=NCc1ccc(S(N)(=O)=O)s1)NCCC(OCC)C(C)C. The quantitative estimate of drug-likeness (QED) is 0.418. The lowest BCUT2D eigenvalue weighted by atomic mass is 10.0. The average molecular weight is 391 g/mol. The molecule has 7 nitrogen and oxygen atoms in total. The fourth-order valence-corrected chi connectivity index (χ4v) is 3.95. The Bertz CT molecular complexity index is 642. The van der Waals surface area contributed by atoms with Crippen molar-refractivity contribution < 1.29 is 13.2 Å². The van der Waals surface area contributed by atoms with Gasteiger partial charge in [0.15, 0.2) is 5.96 Å². The number of nitrogens with zero attached hydrogens (tertiary/aromatic N) is 1. The zero-order valence-electron chi connectivity index (χ0n) is 15.4. The Hall–Kier alpha value is -1.16. The van der Waals surface area contributed by atoms with Crippen LogP contribution < -0.4 is 15.8 Å². The van der Waals surface area contributed by atoms with Crippen molar-refractivity contribution in [2.75, 3.05) is 19.7 Å². The molecule has 144 valence electrons. The zero-order valence-corrected chi connectivity index (χ0v) is 17.0. The first-order valence-electron chi connectivity index (χ1n) is 8.53. The van der Waals surface area contributed by atoms with Crippen LogP contribution in [0, 0.1) is 5.92 Å². The van der Waals surface area contributed by atoms with Crippen molar-refractivity contribution in [2.24, 2.45) is 16.0 Å². The van der Waals surface area contributed by atoms with Gasteiger partial charge in [-0.05, 0) is 38.3 Å². The summed E-state index contributed by atoms with van der Waals surface area (Å²) in [6, 6.07) is 3.25. The van der Waals surface area contributed by atoms with E-state index in [1.54, 1.807) is 6.07 Å². The maximum atomic E-state index is 11.3. The molecule has 1 rings (SSSR count). The molecule has 0 radical (unpaired) electrons. The van der Waals surface area contributed by atoms with Crippen molar-refractivity contribution in [3.63, 3.8) is 0 Å². The van der Waals surface area contributed by atoms with Gasteiger partial charge in [0, 0.05) is 24.6 Å². The summed E-state index contributed by atoms with van der Waals surface area (Å²) in [5, 5.41) is 11.6. The van der Waals surface area contributed by atoms with Gasteiger partial charge in [-0.2, -0.15) is 0 Å². The first kappa shape index (κ1) is 21.9. The Morgan fingerprint density at radius 2 is 2.04 bits per heavy atom. The Morgan fingerprint density at radius 1 is 1.32 bits per heavy atom. The van der Waals surface area contributed by atoms with E-state index in [0.717, 1.165) is 35.7 Å². The van der Waals surface area contributed by atoms with Gasteiger partial charge < -0.3 is 15.4 Å². The molecule has 25 heavy (non-hydrogen) atoms. The first-order valence-corrected chi connectivity index (χ1v) is 10.9. The van der Waals surface area contributed by atoms with Crippen LogP contribution in [0.15, 0.2) is 21.3 Å². The molecule has 1 aromatic rings. The molecule has 0 aliphatic heterocycles. The number of nitrogens with one attached hydrogen (secondary N) is 2. The van der Waals surface area contributed by atoms with E-state index in [1.165, 1.54) is 6.07 Å². The molecule has 0 bridgehead atoms. The van der Waals surface area contributed by atoms with Crippen LogP contribution in [0.5, 0.6) is 0 Å². The van der Waals surface area contributed by atoms with Gasteiger partial charge in [0.25, 0.3) is 0 Å². The van der Waals surface area contributed by atoms with Gasteiger partial charge in [0.05, 0.1) is 12.6 Å². The second kappa shape index (κ2) is 10.7. The molecule has 1 aromatic heterocycles. The van der Waals surface area contributed by atoms with Crippen LogP contribution in [-0.4, -0.2) is 40.2 Å². The number of sulfonamides is 1. The fourth-order valence-electron chi connectivity index (χ4n) is 2.25. The largest absolute Gasteiger partial charge is 0.378 e. The van der Waals surface area contributed by atoms with E-state index in [2.05, 4.69) is 29.5 Å². The summed E-state index contributed by atoms with van der Waals surface area (Å²) in [5.41, 5.74) is 0. The van der Waals surface area contributed by atoms with E-state index in [9.17, 15) is 8.42 Å². The number of rotatable bonds is 10. The lowest BCUT2D eigenvalue weighted by Crippen LogP contribution is -2.39. The lowest BCUT2D eigenvalue weighted by Gasteiger charge is -2.21. The minimum atomic E-state index is -3.64. The second-order valence-electron chi connectivity index (χ2n) is 5.91. The highest BCUT2D eigenvalue weighted by Gasteiger charge is 2.13. The molecule has 0 saturated heterocycles. The fraction of sp³-hybridized carbons (Fsp3) is 0.688. The van der Waals surface area contributed by atoms with E-state index < -0.39 is 10.0 Å². The predicted octanol–water partition coefficient (Wildman–Crippen LogP) is 1.90. The van der Waals surface area contributed by atoms with Crippen LogP contribution in [-0.2, 0) is 21.3 Å². The molecule has 1 atom stereocenters. The number of nitrogens with two attached hydrogens (primary N) is 1. The third-order valence-electron chi connectivity index (χ3n) is 3.50. The topological polar surface area (TPSA) is 106 Å². The van der Waals surface area contributed by atoms with Crippen LogP contribution in [0.2, 0.25) is 0 Å². The molecule has 0 aliphatic rings. The highest BCUT2D eigenvalue weighted by molar-refractivity contribution is 7.91. The number of aliphatic imine (C=N–C) groups is 1. The van der Waals surface area contributed by atoms with Crippen molar-refractivity contribution in [3.8, 4) is 0 Å². The van der Waals surface area contributed by atoms with Crippen molar-refractivity contribution in [3.05, 3.63) is 17.0 Å². The minimum absolute atomic E-state index is 0.159.